The van der Waals surface area contributed by atoms with Crippen molar-refractivity contribution < 1.29 is 0 Å². The van der Waals surface area contributed by atoms with E-state index in [0.29, 0.717) is 0 Å². The number of hydrogen-bond acceptors (Lipinski definition) is 0. The molecule has 2 nitrogen and oxygen atoms in total. The minimum Gasteiger partial charge on any atom is -0.309 e. The lowest BCUT2D eigenvalue weighted by atomic mass is 9.63. The first-order valence-electron chi connectivity index (χ1n) is 20.1. The molecule has 0 atom stereocenters. The van der Waals surface area contributed by atoms with Crippen LogP contribution in [0, 0.1) is 0 Å². The predicted molar refractivity (Wildman–Crippen MR) is 239 cm³/mol. The van der Waals surface area contributed by atoms with Crippen molar-refractivity contribution in [2.75, 3.05) is 0 Å². The Morgan fingerprint density at radius 3 is 1.61 bits per heavy atom. The van der Waals surface area contributed by atoms with E-state index in [4.69, 9.17) is 0 Å². The largest absolute Gasteiger partial charge is 0.309 e. The Morgan fingerprint density at radius 2 is 0.875 bits per heavy atom. The highest BCUT2D eigenvalue weighted by molar-refractivity contribution is 6.25. The fraction of sp³-hybridized carbons (Fsp3) is 0.148. The molecule has 8 aromatic carbocycles. The summed E-state index contributed by atoms with van der Waals surface area (Å²) in [5.74, 6) is 0. The lowest BCUT2D eigenvalue weighted by molar-refractivity contribution is 0.332. The number of nitrogens with zero attached hydrogens (tertiary/aromatic N) is 2. The maximum atomic E-state index is 2.56. The van der Waals surface area contributed by atoms with E-state index >= 15 is 0 Å². The average molecular weight is 721 g/mol. The van der Waals surface area contributed by atoms with Gasteiger partial charge in [0.25, 0.3) is 0 Å². The number of rotatable bonds is 4. The van der Waals surface area contributed by atoms with E-state index in [2.05, 4.69) is 207 Å². The fourth-order valence-corrected chi connectivity index (χ4v) is 9.80. The van der Waals surface area contributed by atoms with Crippen LogP contribution in [0.1, 0.15) is 51.7 Å². The van der Waals surface area contributed by atoms with Crippen molar-refractivity contribution in [1.29, 1.82) is 0 Å². The van der Waals surface area contributed by atoms with Crippen LogP contribution in [0.15, 0.2) is 170 Å². The number of hydrogen-bond donors (Lipinski definition) is 0. The van der Waals surface area contributed by atoms with E-state index in [1.54, 1.807) is 0 Å². The highest BCUT2D eigenvalue weighted by Gasteiger charge is 2.38. The molecule has 2 heteroatoms. The minimum atomic E-state index is 0.112. The maximum Gasteiger partial charge on any atom is 0.0549 e. The summed E-state index contributed by atoms with van der Waals surface area (Å²) in [5, 5.41) is 7.73. The zero-order chi connectivity index (χ0) is 37.8. The highest BCUT2D eigenvalue weighted by Crippen LogP contribution is 2.49. The molecule has 0 unspecified atom stereocenters. The van der Waals surface area contributed by atoms with Gasteiger partial charge in [-0.15, -0.1) is 0 Å². The van der Waals surface area contributed by atoms with Crippen molar-refractivity contribution in [2.45, 2.75) is 51.4 Å². The van der Waals surface area contributed by atoms with Crippen molar-refractivity contribution in [1.82, 2.24) is 9.13 Å². The molecule has 1 aliphatic rings. The number of benzene rings is 8. The van der Waals surface area contributed by atoms with E-state index in [9.17, 15) is 0 Å². The number of aromatic nitrogens is 2. The lowest BCUT2D eigenvalue weighted by Crippen LogP contribution is -2.33. The van der Waals surface area contributed by atoms with Crippen molar-refractivity contribution in [2.24, 2.45) is 0 Å². The number of fused-ring (bicyclic) bond motifs is 9. The lowest BCUT2D eigenvalue weighted by Gasteiger charge is -2.42. The highest BCUT2D eigenvalue weighted by atomic mass is 15.0. The van der Waals surface area contributed by atoms with E-state index in [0.717, 1.165) is 5.69 Å². The van der Waals surface area contributed by atoms with Gasteiger partial charge in [-0.05, 0) is 128 Å². The predicted octanol–water partition coefficient (Wildman–Crippen LogP) is 14.7. The molecule has 2 heterocycles. The van der Waals surface area contributed by atoms with E-state index in [1.807, 2.05) is 0 Å². The molecule has 0 aliphatic heterocycles. The first-order chi connectivity index (χ1) is 27.2. The van der Waals surface area contributed by atoms with Crippen LogP contribution in [0.5, 0.6) is 0 Å². The topological polar surface area (TPSA) is 9.86 Å². The Hall–Kier alpha value is -6.38. The van der Waals surface area contributed by atoms with Gasteiger partial charge >= 0.3 is 0 Å². The van der Waals surface area contributed by atoms with Crippen molar-refractivity contribution in [3.05, 3.63) is 181 Å². The van der Waals surface area contributed by atoms with Crippen LogP contribution < -0.4 is 0 Å². The second-order valence-electron chi connectivity index (χ2n) is 17.3. The third kappa shape index (κ3) is 4.95. The average Bonchev–Trinajstić information content (AvgIpc) is 3.73. The molecule has 2 aromatic heterocycles. The molecule has 0 radical (unpaired) electrons. The van der Waals surface area contributed by atoms with Crippen LogP contribution in [0.3, 0.4) is 0 Å². The molecular weight excluding hydrogens is 677 g/mol. The van der Waals surface area contributed by atoms with Gasteiger partial charge in [-0.25, -0.2) is 0 Å². The molecule has 10 aromatic rings. The minimum absolute atomic E-state index is 0.112. The molecular formula is C54H44N2. The van der Waals surface area contributed by atoms with Crippen molar-refractivity contribution in [3.63, 3.8) is 0 Å². The summed E-state index contributed by atoms with van der Waals surface area (Å²) in [6.45, 7) is 9.74. The third-order valence-electron chi connectivity index (χ3n) is 13.0. The third-order valence-corrected chi connectivity index (χ3v) is 13.0. The van der Waals surface area contributed by atoms with Gasteiger partial charge in [-0.1, -0.05) is 137 Å². The van der Waals surface area contributed by atoms with Crippen LogP contribution in [-0.2, 0) is 10.8 Å². The molecule has 270 valence electrons. The van der Waals surface area contributed by atoms with Gasteiger partial charge in [-0.3, -0.25) is 0 Å². The Morgan fingerprint density at radius 1 is 0.357 bits per heavy atom. The molecule has 11 rings (SSSR count). The van der Waals surface area contributed by atoms with Crippen LogP contribution in [0.2, 0.25) is 0 Å². The van der Waals surface area contributed by atoms with Gasteiger partial charge in [0.2, 0.25) is 0 Å². The zero-order valence-electron chi connectivity index (χ0n) is 32.5. The van der Waals surface area contributed by atoms with E-state index in [1.165, 1.54) is 106 Å². The Bertz CT molecular complexity index is 3160. The van der Waals surface area contributed by atoms with Gasteiger partial charge in [0.15, 0.2) is 0 Å². The van der Waals surface area contributed by atoms with Crippen molar-refractivity contribution in [3.8, 4) is 33.6 Å². The van der Waals surface area contributed by atoms with Gasteiger partial charge < -0.3 is 9.13 Å². The summed E-state index contributed by atoms with van der Waals surface area (Å²) in [7, 11) is 0. The van der Waals surface area contributed by atoms with Crippen LogP contribution in [-0.4, -0.2) is 9.13 Å². The Balaban J connectivity index is 1.20. The molecule has 0 fully saturated rings. The molecule has 0 bridgehead atoms. The summed E-state index contributed by atoms with van der Waals surface area (Å²) in [4.78, 5) is 0. The molecule has 1 aliphatic carbocycles. The molecule has 56 heavy (non-hydrogen) atoms. The van der Waals surface area contributed by atoms with Gasteiger partial charge in [0.1, 0.15) is 0 Å². The second-order valence-corrected chi connectivity index (χ2v) is 17.3. The standard InChI is InChI=1S/C54H44N2/c1-53(2)28-29-54(3,4)47-34-51-43(31-46(47)53)44-32-50-45(33-49(44)56(51)40-19-9-6-10-20-40)52-42-21-12-11-16-37(42)24-27-48(52)55(50)41-25-22-36(23-26-41)39-18-13-17-38(30-39)35-14-7-5-8-15-35/h5-27,30-34H,28-29H2,1-4H3. The van der Waals surface area contributed by atoms with Crippen LogP contribution in [0.4, 0.5) is 0 Å². The van der Waals surface area contributed by atoms with Crippen LogP contribution in [0.25, 0.3) is 88.0 Å². The normalized spacial score (nSPS) is 14.9. The molecule has 0 spiro atoms. The Kier molecular flexibility index (Phi) is 7.11. The quantitative estimate of drug-likeness (QED) is 0.171. The van der Waals surface area contributed by atoms with Crippen molar-refractivity contribution >= 4 is 54.4 Å². The van der Waals surface area contributed by atoms with Gasteiger partial charge in [0.05, 0.1) is 22.1 Å². The SMILES string of the molecule is CC1(C)CCC(C)(C)c2cc3c(cc21)c1cc2c(cc1n3-c1ccccc1)c1c3ccccc3ccc1n2-c1ccc(-c2cccc(-c3ccccc3)c2)cc1. The summed E-state index contributed by atoms with van der Waals surface area (Å²) < 4.78 is 5.02. The maximum absolute atomic E-state index is 2.56. The summed E-state index contributed by atoms with van der Waals surface area (Å²) in [5.41, 5.74) is 15.4. The number of para-hydroxylation sites is 1. The summed E-state index contributed by atoms with van der Waals surface area (Å²) in [6, 6.07) is 63.2. The summed E-state index contributed by atoms with van der Waals surface area (Å²) >= 11 is 0. The second kappa shape index (κ2) is 12.1. The smallest absolute Gasteiger partial charge is 0.0549 e. The molecule has 0 saturated heterocycles. The zero-order valence-corrected chi connectivity index (χ0v) is 32.5. The first kappa shape index (κ1) is 33.0. The first-order valence-corrected chi connectivity index (χ1v) is 20.1. The summed E-state index contributed by atoms with van der Waals surface area (Å²) in [6.07, 6.45) is 2.38. The Labute approximate surface area is 328 Å². The van der Waals surface area contributed by atoms with E-state index < -0.39 is 0 Å². The molecule has 0 saturated carbocycles. The molecule has 0 amide bonds. The van der Waals surface area contributed by atoms with Gasteiger partial charge in [-0.2, -0.15) is 0 Å². The fourth-order valence-electron chi connectivity index (χ4n) is 9.80. The monoisotopic (exact) mass is 720 g/mol. The van der Waals surface area contributed by atoms with E-state index in [-0.39, 0.29) is 10.8 Å². The molecule has 0 N–H and O–H groups in total. The van der Waals surface area contributed by atoms with Crippen LogP contribution >= 0.6 is 0 Å². The van der Waals surface area contributed by atoms with Gasteiger partial charge in [0, 0.05) is 32.9 Å².